The van der Waals surface area contributed by atoms with Gasteiger partial charge in [-0.2, -0.15) is 5.10 Å². The second-order valence-electron chi connectivity index (χ2n) is 5.44. The summed E-state index contributed by atoms with van der Waals surface area (Å²) in [4.78, 5) is 0. The van der Waals surface area contributed by atoms with Crippen LogP contribution in [0.2, 0.25) is 0 Å². The molecule has 0 aromatic heterocycles. The third-order valence-corrected chi connectivity index (χ3v) is 5.11. The lowest BCUT2D eigenvalue weighted by atomic mass is 10.2. The van der Waals surface area contributed by atoms with Crippen LogP contribution in [0.5, 0.6) is 17.2 Å². The van der Waals surface area contributed by atoms with Crippen LogP contribution in [0.4, 0.5) is 0 Å². The number of benzene rings is 2. The van der Waals surface area contributed by atoms with E-state index in [4.69, 9.17) is 14.2 Å². The first-order valence-electron chi connectivity index (χ1n) is 8.17. The second-order valence-corrected chi connectivity index (χ2v) is 7.77. The summed E-state index contributed by atoms with van der Waals surface area (Å²) >= 11 is 4.60. The zero-order valence-electron chi connectivity index (χ0n) is 15.0. The molecule has 7 heteroatoms. The fraction of sp³-hybridized carbons (Fsp3) is 0.316. The molecule has 0 heterocycles. The van der Waals surface area contributed by atoms with Crippen LogP contribution in [0.1, 0.15) is 24.5 Å². The summed E-state index contributed by atoms with van der Waals surface area (Å²) in [7, 11) is 3.26. The van der Waals surface area contributed by atoms with Crippen molar-refractivity contribution in [2.45, 2.75) is 19.9 Å². The van der Waals surface area contributed by atoms with Crippen LogP contribution in [0.15, 0.2) is 35.4 Å². The van der Waals surface area contributed by atoms with E-state index in [1.807, 2.05) is 24.4 Å². The van der Waals surface area contributed by atoms with Crippen molar-refractivity contribution >= 4 is 51.4 Å². The Hall–Kier alpha value is -1.23. The molecule has 0 saturated heterocycles. The van der Waals surface area contributed by atoms with Crippen molar-refractivity contribution in [2.75, 3.05) is 20.8 Å². The lowest BCUT2D eigenvalue weighted by Gasteiger charge is -2.10. The maximum atomic E-state index is 5.80. The lowest BCUT2D eigenvalue weighted by Crippen LogP contribution is -2.06. The van der Waals surface area contributed by atoms with Gasteiger partial charge in [-0.25, -0.2) is 0 Å². The topological polar surface area (TPSA) is 52.1 Å². The van der Waals surface area contributed by atoms with Crippen molar-refractivity contribution in [1.29, 1.82) is 0 Å². The van der Waals surface area contributed by atoms with Crippen molar-refractivity contribution < 1.29 is 14.2 Å². The number of nitrogens with one attached hydrogen (secondary N) is 1. The highest BCUT2D eigenvalue weighted by Crippen LogP contribution is 2.29. The first kappa shape index (κ1) is 21.1. The average Bonchev–Trinajstić information content (AvgIpc) is 2.64. The molecular weight excluding hydrogens is 558 g/mol. The van der Waals surface area contributed by atoms with E-state index >= 15 is 0 Å². The normalized spacial score (nSPS) is 10.8. The van der Waals surface area contributed by atoms with Gasteiger partial charge in [-0.1, -0.05) is 13.0 Å². The Morgan fingerprint density at radius 1 is 1.04 bits per heavy atom. The summed E-state index contributed by atoms with van der Waals surface area (Å²) in [6.07, 6.45) is 2.81. The third kappa shape index (κ3) is 5.90. The Morgan fingerprint density at radius 2 is 1.73 bits per heavy atom. The van der Waals surface area contributed by atoms with Crippen molar-refractivity contribution in [2.24, 2.45) is 5.10 Å². The molecule has 26 heavy (non-hydrogen) atoms. The molecule has 2 rings (SSSR count). The summed E-state index contributed by atoms with van der Waals surface area (Å²) in [6.45, 7) is 3.43. The lowest BCUT2D eigenvalue weighted by molar-refractivity contribution is 0.313. The van der Waals surface area contributed by atoms with Gasteiger partial charge in [-0.3, -0.25) is 0 Å². The quantitative estimate of drug-likeness (QED) is 0.263. The third-order valence-electron chi connectivity index (χ3n) is 3.51. The Kier molecular flexibility index (Phi) is 8.76. The van der Waals surface area contributed by atoms with Gasteiger partial charge in [0.1, 0.15) is 5.75 Å². The molecular formula is C19H22I2N2O3. The van der Waals surface area contributed by atoms with Crippen LogP contribution in [0.3, 0.4) is 0 Å². The molecule has 0 aliphatic heterocycles. The maximum absolute atomic E-state index is 5.80. The van der Waals surface area contributed by atoms with Crippen LogP contribution in [-0.4, -0.2) is 27.0 Å². The Balaban J connectivity index is 1.98. The highest BCUT2D eigenvalue weighted by molar-refractivity contribution is 14.1. The number of ether oxygens (including phenoxy) is 3. The van der Waals surface area contributed by atoms with E-state index in [0.717, 1.165) is 37.0 Å². The minimum atomic E-state index is 0.600. The first-order chi connectivity index (χ1) is 12.6. The molecule has 0 aliphatic carbocycles. The summed E-state index contributed by atoms with van der Waals surface area (Å²) in [6, 6.07) is 9.94. The van der Waals surface area contributed by atoms with Crippen LogP contribution in [-0.2, 0) is 6.54 Å². The van der Waals surface area contributed by atoms with Crippen LogP contribution in [0.25, 0.3) is 0 Å². The summed E-state index contributed by atoms with van der Waals surface area (Å²) in [5.74, 6) is 2.38. The van der Waals surface area contributed by atoms with Gasteiger partial charge in [0.25, 0.3) is 0 Å². The number of halogens is 2. The standard InChI is InChI=1S/C19H22I2N2O3/c1-4-7-26-19-15(20)8-14(9-16(19)21)12-23-22-11-13-5-6-17(24-2)18(10-13)25-3/h5-6,8-10,12,22H,4,7,11H2,1-3H3/b23-12-. The Bertz CT molecular complexity index is 743. The number of nitrogens with zero attached hydrogens (tertiary/aromatic N) is 1. The van der Waals surface area contributed by atoms with Gasteiger partial charge >= 0.3 is 0 Å². The fourth-order valence-electron chi connectivity index (χ4n) is 2.24. The molecule has 5 nitrogen and oxygen atoms in total. The number of methoxy groups -OCH3 is 2. The first-order valence-corrected chi connectivity index (χ1v) is 10.3. The molecule has 2 aromatic carbocycles. The van der Waals surface area contributed by atoms with Crippen molar-refractivity contribution in [3.63, 3.8) is 0 Å². The largest absolute Gasteiger partial charge is 0.493 e. The van der Waals surface area contributed by atoms with Gasteiger partial charge in [0, 0.05) is 0 Å². The van der Waals surface area contributed by atoms with Gasteiger partial charge in [0.15, 0.2) is 11.5 Å². The van der Waals surface area contributed by atoms with E-state index in [1.54, 1.807) is 14.2 Å². The van der Waals surface area contributed by atoms with E-state index in [1.165, 1.54) is 0 Å². The average molecular weight is 580 g/mol. The molecule has 0 spiro atoms. The SMILES string of the molecule is CCCOc1c(I)cc(/C=N\NCc2ccc(OC)c(OC)c2)cc1I. The van der Waals surface area contributed by atoms with Gasteiger partial charge in [-0.05, 0) is 87.0 Å². The van der Waals surface area contributed by atoms with E-state index in [2.05, 4.69) is 74.8 Å². The Morgan fingerprint density at radius 3 is 2.35 bits per heavy atom. The summed E-state index contributed by atoms with van der Waals surface area (Å²) in [5.41, 5.74) is 5.16. The predicted octanol–water partition coefficient (Wildman–Crippen LogP) is 4.83. The minimum Gasteiger partial charge on any atom is -0.493 e. The van der Waals surface area contributed by atoms with Crippen molar-refractivity contribution in [3.05, 3.63) is 48.6 Å². The molecule has 2 aromatic rings. The molecule has 1 N–H and O–H groups in total. The van der Waals surface area contributed by atoms with Crippen molar-refractivity contribution in [3.8, 4) is 17.2 Å². The second kappa shape index (κ2) is 10.8. The summed E-state index contributed by atoms with van der Waals surface area (Å²) < 4.78 is 18.5. The van der Waals surface area contributed by atoms with Crippen LogP contribution >= 0.6 is 45.2 Å². The van der Waals surface area contributed by atoms with E-state index in [-0.39, 0.29) is 0 Å². The molecule has 0 amide bonds. The predicted molar refractivity (Wildman–Crippen MR) is 122 cm³/mol. The number of hydrogen-bond acceptors (Lipinski definition) is 5. The van der Waals surface area contributed by atoms with Gasteiger partial charge in [0.2, 0.25) is 0 Å². The molecule has 140 valence electrons. The molecule has 0 atom stereocenters. The monoisotopic (exact) mass is 580 g/mol. The highest BCUT2D eigenvalue weighted by Gasteiger charge is 2.08. The highest BCUT2D eigenvalue weighted by atomic mass is 127. The van der Waals surface area contributed by atoms with Gasteiger partial charge < -0.3 is 19.6 Å². The van der Waals surface area contributed by atoms with E-state index in [0.29, 0.717) is 18.0 Å². The molecule has 0 fully saturated rings. The smallest absolute Gasteiger partial charge is 0.161 e. The summed E-state index contributed by atoms with van der Waals surface area (Å²) in [5, 5.41) is 4.31. The van der Waals surface area contributed by atoms with E-state index in [9.17, 15) is 0 Å². The zero-order valence-corrected chi connectivity index (χ0v) is 19.3. The molecule has 0 saturated carbocycles. The van der Waals surface area contributed by atoms with Crippen molar-refractivity contribution in [1.82, 2.24) is 5.43 Å². The minimum absolute atomic E-state index is 0.600. The maximum Gasteiger partial charge on any atom is 0.161 e. The molecule has 0 radical (unpaired) electrons. The number of hydrogen-bond donors (Lipinski definition) is 1. The van der Waals surface area contributed by atoms with Crippen LogP contribution in [0, 0.1) is 7.14 Å². The van der Waals surface area contributed by atoms with Gasteiger partial charge in [0.05, 0.1) is 40.7 Å². The van der Waals surface area contributed by atoms with E-state index < -0.39 is 0 Å². The molecule has 0 bridgehead atoms. The fourth-order valence-corrected chi connectivity index (χ4v) is 4.37. The molecule has 0 unspecified atom stereocenters. The number of hydrazone groups is 1. The zero-order chi connectivity index (χ0) is 18.9. The molecule has 0 aliphatic rings. The van der Waals surface area contributed by atoms with Gasteiger partial charge in [-0.15, -0.1) is 0 Å². The van der Waals surface area contributed by atoms with Crippen LogP contribution < -0.4 is 19.6 Å². The Labute approximate surface area is 181 Å². The number of rotatable bonds is 9.